The number of likely N-dealkylation sites (tertiary alicyclic amines) is 1. The molecule has 1 fully saturated rings. The predicted octanol–water partition coefficient (Wildman–Crippen LogP) is 1.86. The zero-order chi connectivity index (χ0) is 9.84. The summed E-state index contributed by atoms with van der Waals surface area (Å²) < 4.78 is 0. The zero-order valence-corrected chi connectivity index (χ0v) is 9.51. The van der Waals surface area contributed by atoms with Crippen LogP contribution in [0.25, 0.3) is 0 Å². The fourth-order valence-electron chi connectivity index (χ4n) is 2.17. The summed E-state index contributed by atoms with van der Waals surface area (Å²) in [6.45, 7) is 8.07. The van der Waals surface area contributed by atoms with E-state index in [2.05, 4.69) is 38.0 Å². The van der Waals surface area contributed by atoms with Gasteiger partial charge in [-0.25, -0.2) is 0 Å². The van der Waals surface area contributed by atoms with Gasteiger partial charge in [-0.15, -0.1) is 0 Å². The van der Waals surface area contributed by atoms with Crippen LogP contribution in [0.3, 0.4) is 0 Å². The monoisotopic (exact) mass is 184 g/mol. The summed E-state index contributed by atoms with van der Waals surface area (Å²) in [7, 11) is 2.22. The van der Waals surface area contributed by atoms with E-state index in [0.717, 1.165) is 18.1 Å². The molecule has 1 heterocycles. The summed E-state index contributed by atoms with van der Waals surface area (Å²) in [4.78, 5) is 2.44. The highest BCUT2D eigenvalue weighted by molar-refractivity contribution is 4.86. The molecule has 2 nitrogen and oxygen atoms in total. The van der Waals surface area contributed by atoms with Crippen LogP contribution in [0.2, 0.25) is 0 Å². The molecule has 1 saturated heterocycles. The molecule has 2 heteroatoms. The van der Waals surface area contributed by atoms with E-state index in [0.29, 0.717) is 0 Å². The highest BCUT2D eigenvalue weighted by Crippen LogP contribution is 2.16. The molecule has 0 saturated carbocycles. The molecular formula is C11H24N2. The van der Waals surface area contributed by atoms with Crippen LogP contribution in [-0.2, 0) is 0 Å². The van der Waals surface area contributed by atoms with Crippen molar-refractivity contribution in [2.24, 2.45) is 0 Å². The van der Waals surface area contributed by atoms with Gasteiger partial charge in [-0.2, -0.15) is 0 Å². The lowest BCUT2D eigenvalue weighted by Crippen LogP contribution is -2.39. The third-order valence-electron chi connectivity index (χ3n) is 3.34. The van der Waals surface area contributed by atoms with Crippen molar-refractivity contribution in [2.75, 3.05) is 13.6 Å². The van der Waals surface area contributed by atoms with E-state index in [9.17, 15) is 0 Å². The van der Waals surface area contributed by atoms with Gasteiger partial charge in [0.25, 0.3) is 0 Å². The average Bonchev–Trinajstić information content (AvgIpc) is 2.42. The molecule has 0 amide bonds. The number of hydrogen-bond acceptors (Lipinski definition) is 2. The smallest absolute Gasteiger partial charge is 0.0212 e. The van der Waals surface area contributed by atoms with Crippen molar-refractivity contribution in [3.05, 3.63) is 0 Å². The molecule has 78 valence electrons. The maximum Gasteiger partial charge on any atom is 0.0212 e. The number of nitrogens with zero attached hydrogens (tertiary/aromatic N) is 1. The topological polar surface area (TPSA) is 15.3 Å². The van der Waals surface area contributed by atoms with Gasteiger partial charge in [-0.05, 0) is 33.2 Å². The Morgan fingerprint density at radius 3 is 2.38 bits per heavy atom. The first-order valence-electron chi connectivity index (χ1n) is 5.63. The number of nitrogens with one attached hydrogen (secondary N) is 1. The molecule has 0 spiro atoms. The first-order chi connectivity index (χ1) is 6.17. The Morgan fingerprint density at radius 2 is 2.00 bits per heavy atom. The lowest BCUT2D eigenvalue weighted by molar-refractivity contribution is 0.323. The number of hydrogen-bond donors (Lipinski definition) is 1. The molecule has 1 rings (SSSR count). The summed E-state index contributed by atoms with van der Waals surface area (Å²) in [6, 6.07) is 2.21. The third kappa shape index (κ3) is 2.96. The van der Waals surface area contributed by atoms with Crippen LogP contribution >= 0.6 is 0 Å². The second-order valence-electron chi connectivity index (χ2n) is 4.40. The van der Waals surface area contributed by atoms with Crippen molar-refractivity contribution in [1.29, 1.82) is 0 Å². The molecule has 2 unspecified atom stereocenters. The van der Waals surface area contributed by atoms with Crippen molar-refractivity contribution in [3.8, 4) is 0 Å². The molecule has 0 aromatic rings. The highest BCUT2D eigenvalue weighted by Gasteiger charge is 2.26. The maximum absolute atomic E-state index is 3.73. The second-order valence-corrected chi connectivity index (χ2v) is 4.40. The summed E-state index contributed by atoms with van der Waals surface area (Å²) in [6.07, 6.45) is 3.82. The molecule has 2 atom stereocenters. The molecule has 1 aliphatic heterocycles. The van der Waals surface area contributed by atoms with Crippen LogP contribution in [0.15, 0.2) is 0 Å². The Labute approximate surface area is 82.7 Å². The minimum absolute atomic E-state index is 0.726. The molecule has 0 bridgehead atoms. The van der Waals surface area contributed by atoms with E-state index >= 15 is 0 Å². The van der Waals surface area contributed by atoms with Crippen LogP contribution in [0.5, 0.6) is 0 Å². The fourth-order valence-corrected chi connectivity index (χ4v) is 2.17. The fraction of sp³-hybridized carbons (Fsp3) is 1.00. The van der Waals surface area contributed by atoms with E-state index in [1.165, 1.54) is 25.8 Å². The van der Waals surface area contributed by atoms with E-state index in [4.69, 9.17) is 0 Å². The maximum atomic E-state index is 3.73. The third-order valence-corrected chi connectivity index (χ3v) is 3.34. The SMILES string of the molecule is CCC(CC)NC1CC(C)N(C)C1. The molecule has 0 aromatic heterocycles. The van der Waals surface area contributed by atoms with Crippen molar-refractivity contribution < 1.29 is 0 Å². The Morgan fingerprint density at radius 1 is 1.38 bits per heavy atom. The van der Waals surface area contributed by atoms with Gasteiger partial charge in [0.15, 0.2) is 0 Å². The van der Waals surface area contributed by atoms with Gasteiger partial charge in [0.2, 0.25) is 0 Å². The Bertz CT molecular complexity index is 133. The van der Waals surface area contributed by atoms with Crippen molar-refractivity contribution >= 4 is 0 Å². The Hall–Kier alpha value is -0.0800. The standard InChI is InChI=1S/C11H24N2/c1-5-10(6-2)12-11-7-9(3)13(4)8-11/h9-12H,5-8H2,1-4H3. The van der Waals surface area contributed by atoms with E-state index in [1.54, 1.807) is 0 Å². The van der Waals surface area contributed by atoms with Crippen molar-refractivity contribution in [1.82, 2.24) is 10.2 Å². The largest absolute Gasteiger partial charge is 0.310 e. The lowest BCUT2D eigenvalue weighted by atomic mass is 10.1. The van der Waals surface area contributed by atoms with Crippen LogP contribution in [0.1, 0.15) is 40.0 Å². The van der Waals surface area contributed by atoms with E-state index < -0.39 is 0 Å². The summed E-state index contributed by atoms with van der Waals surface area (Å²) in [5.41, 5.74) is 0. The summed E-state index contributed by atoms with van der Waals surface area (Å²) in [5.74, 6) is 0. The van der Waals surface area contributed by atoms with Crippen molar-refractivity contribution in [3.63, 3.8) is 0 Å². The van der Waals surface area contributed by atoms with Gasteiger partial charge in [0, 0.05) is 24.7 Å². The molecule has 0 radical (unpaired) electrons. The van der Waals surface area contributed by atoms with Gasteiger partial charge in [0.05, 0.1) is 0 Å². The van der Waals surface area contributed by atoms with Gasteiger partial charge >= 0.3 is 0 Å². The molecule has 0 aromatic carbocycles. The van der Waals surface area contributed by atoms with Crippen LogP contribution in [0.4, 0.5) is 0 Å². The van der Waals surface area contributed by atoms with Gasteiger partial charge < -0.3 is 10.2 Å². The molecule has 13 heavy (non-hydrogen) atoms. The van der Waals surface area contributed by atoms with E-state index in [-0.39, 0.29) is 0 Å². The quantitative estimate of drug-likeness (QED) is 0.717. The molecule has 1 N–H and O–H groups in total. The molecular weight excluding hydrogens is 160 g/mol. The van der Waals surface area contributed by atoms with Gasteiger partial charge in [-0.3, -0.25) is 0 Å². The van der Waals surface area contributed by atoms with Crippen molar-refractivity contribution in [2.45, 2.75) is 58.2 Å². The summed E-state index contributed by atoms with van der Waals surface area (Å²) in [5, 5.41) is 3.73. The summed E-state index contributed by atoms with van der Waals surface area (Å²) >= 11 is 0. The first-order valence-corrected chi connectivity index (χ1v) is 5.63. The lowest BCUT2D eigenvalue weighted by Gasteiger charge is -2.20. The van der Waals surface area contributed by atoms with Crippen LogP contribution < -0.4 is 5.32 Å². The van der Waals surface area contributed by atoms with Crippen LogP contribution in [-0.4, -0.2) is 36.6 Å². The minimum Gasteiger partial charge on any atom is -0.310 e. The van der Waals surface area contributed by atoms with Gasteiger partial charge in [0.1, 0.15) is 0 Å². The zero-order valence-electron chi connectivity index (χ0n) is 9.51. The number of rotatable bonds is 4. The van der Waals surface area contributed by atoms with Crippen LogP contribution in [0, 0.1) is 0 Å². The van der Waals surface area contributed by atoms with Gasteiger partial charge in [-0.1, -0.05) is 13.8 Å². The highest BCUT2D eigenvalue weighted by atomic mass is 15.2. The second kappa shape index (κ2) is 4.97. The van der Waals surface area contributed by atoms with E-state index in [1.807, 2.05) is 0 Å². The minimum atomic E-state index is 0.726. The molecule has 0 aliphatic carbocycles. The normalized spacial score (nSPS) is 30.2. The Kier molecular flexibility index (Phi) is 4.20. The Balaban J connectivity index is 2.30. The average molecular weight is 184 g/mol. The molecule has 1 aliphatic rings. The number of likely N-dealkylation sites (N-methyl/N-ethyl adjacent to an activating group) is 1. The predicted molar refractivity (Wildman–Crippen MR) is 58.0 cm³/mol. The first kappa shape index (κ1) is 11.0.